The Morgan fingerprint density at radius 1 is 1.23 bits per heavy atom. The average Bonchev–Trinajstić information content (AvgIpc) is 2.01. The summed E-state index contributed by atoms with van der Waals surface area (Å²) in [5.41, 5.74) is 0. The van der Waals surface area contributed by atoms with E-state index in [0.717, 1.165) is 18.4 Å². The van der Waals surface area contributed by atoms with Gasteiger partial charge in [-0.2, -0.15) is 0 Å². The number of nitrogens with zero attached hydrogens (tertiary/aromatic N) is 1. The molecule has 0 aliphatic carbocycles. The molecule has 2 nitrogen and oxygen atoms in total. The van der Waals surface area contributed by atoms with E-state index in [0.29, 0.717) is 0 Å². The van der Waals surface area contributed by atoms with Crippen LogP contribution in [0, 0.1) is 11.8 Å². The van der Waals surface area contributed by atoms with Gasteiger partial charge in [0.1, 0.15) is 0 Å². The molecule has 0 aliphatic rings. The van der Waals surface area contributed by atoms with E-state index in [1.165, 1.54) is 19.5 Å². The van der Waals surface area contributed by atoms with Gasteiger partial charge in [-0.05, 0) is 45.4 Å². The van der Waals surface area contributed by atoms with Gasteiger partial charge in [0.05, 0.1) is 0 Å². The molecule has 0 spiro atoms. The third-order valence-electron chi connectivity index (χ3n) is 2.26. The lowest BCUT2D eigenvalue weighted by atomic mass is 10.1. The Bertz CT molecular complexity index is 113. The Morgan fingerprint density at radius 3 is 2.31 bits per heavy atom. The van der Waals surface area contributed by atoms with Gasteiger partial charge in [-0.15, -0.1) is 0 Å². The predicted molar refractivity (Wildman–Crippen MR) is 60.0 cm³/mol. The SMILES string of the molecule is CNCC(C)CN(C)CCC(C)C. The summed E-state index contributed by atoms with van der Waals surface area (Å²) in [5, 5.41) is 3.21. The Labute approximate surface area is 83.7 Å². The molecule has 0 radical (unpaired) electrons. The third kappa shape index (κ3) is 8.26. The molecule has 0 aromatic rings. The summed E-state index contributed by atoms with van der Waals surface area (Å²) in [6.45, 7) is 10.4. The van der Waals surface area contributed by atoms with E-state index in [1.54, 1.807) is 0 Å². The van der Waals surface area contributed by atoms with Crippen molar-refractivity contribution < 1.29 is 0 Å². The van der Waals surface area contributed by atoms with Crippen LogP contribution in [-0.4, -0.2) is 38.6 Å². The van der Waals surface area contributed by atoms with Crippen LogP contribution in [0.25, 0.3) is 0 Å². The monoisotopic (exact) mass is 186 g/mol. The number of nitrogens with one attached hydrogen (secondary N) is 1. The minimum atomic E-state index is 0.752. The Morgan fingerprint density at radius 2 is 1.85 bits per heavy atom. The fraction of sp³-hybridized carbons (Fsp3) is 1.00. The second-order valence-electron chi connectivity index (χ2n) is 4.61. The molecule has 0 saturated heterocycles. The Kier molecular flexibility index (Phi) is 7.29. The van der Waals surface area contributed by atoms with Gasteiger partial charge >= 0.3 is 0 Å². The maximum Gasteiger partial charge on any atom is 0.00161 e. The molecule has 1 N–H and O–H groups in total. The molecule has 2 heteroatoms. The van der Waals surface area contributed by atoms with Gasteiger partial charge in [0.2, 0.25) is 0 Å². The minimum Gasteiger partial charge on any atom is -0.319 e. The minimum absolute atomic E-state index is 0.752. The van der Waals surface area contributed by atoms with Crippen molar-refractivity contribution in [3.8, 4) is 0 Å². The van der Waals surface area contributed by atoms with E-state index in [-0.39, 0.29) is 0 Å². The van der Waals surface area contributed by atoms with Crippen LogP contribution in [0.4, 0.5) is 0 Å². The topological polar surface area (TPSA) is 15.3 Å². The highest BCUT2D eigenvalue weighted by Crippen LogP contribution is 2.02. The molecule has 0 fully saturated rings. The number of hydrogen-bond acceptors (Lipinski definition) is 2. The molecule has 13 heavy (non-hydrogen) atoms. The highest BCUT2D eigenvalue weighted by molar-refractivity contribution is 4.61. The largest absolute Gasteiger partial charge is 0.319 e. The first-order valence-electron chi connectivity index (χ1n) is 5.39. The lowest BCUT2D eigenvalue weighted by Crippen LogP contribution is -2.30. The first kappa shape index (κ1) is 12.9. The van der Waals surface area contributed by atoms with E-state index in [4.69, 9.17) is 0 Å². The summed E-state index contributed by atoms with van der Waals surface area (Å²) in [6, 6.07) is 0. The number of rotatable bonds is 7. The summed E-state index contributed by atoms with van der Waals surface area (Å²) >= 11 is 0. The average molecular weight is 186 g/mol. The van der Waals surface area contributed by atoms with E-state index in [9.17, 15) is 0 Å². The van der Waals surface area contributed by atoms with Crippen LogP contribution in [0.15, 0.2) is 0 Å². The molecule has 1 unspecified atom stereocenters. The maximum absolute atomic E-state index is 3.21. The van der Waals surface area contributed by atoms with Crippen LogP contribution >= 0.6 is 0 Å². The molecule has 80 valence electrons. The van der Waals surface area contributed by atoms with Crippen molar-refractivity contribution in [3.63, 3.8) is 0 Å². The standard InChI is InChI=1S/C11H26N2/c1-10(2)6-7-13(5)9-11(3)8-12-4/h10-12H,6-9H2,1-5H3. The van der Waals surface area contributed by atoms with Crippen LogP contribution in [0.3, 0.4) is 0 Å². The summed E-state index contributed by atoms with van der Waals surface area (Å²) in [4.78, 5) is 2.43. The first-order valence-corrected chi connectivity index (χ1v) is 5.39. The third-order valence-corrected chi connectivity index (χ3v) is 2.26. The second-order valence-corrected chi connectivity index (χ2v) is 4.61. The van der Waals surface area contributed by atoms with E-state index < -0.39 is 0 Å². The predicted octanol–water partition coefficient (Wildman–Crippen LogP) is 1.82. The molecule has 0 saturated carbocycles. The Balaban J connectivity index is 3.43. The van der Waals surface area contributed by atoms with Gasteiger partial charge in [-0.25, -0.2) is 0 Å². The molecule has 0 bridgehead atoms. The molecular weight excluding hydrogens is 160 g/mol. The second kappa shape index (κ2) is 7.34. The smallest absolute Gasteiger partial charge is 0.00161 e. The summed E-state index contributed by atoms with van der Waals surface area (Å²) in [7, 11) is 4.24. The van der Waals surface area contributed by atoms with Crippen molar-refractivity contribution in [2.45, 2.75) is 27.2 Å². The Hall–Kier alpha value is -0.0800. The van der Waals surface area contributed by atoms with Gasteiger partial charge in [0.15, 0.2) is 0 Å². The summed E-state index contributed by atoms with van der Waals surface area (Å²) < 4.78 is 0. The van der Waals surface area contributed by atoms with Crippen molar-refractivity contribution in [1.29, 1.82) is 0 Å². The molecule has 0 aromatic carbocycles. The fourth-order valence-electron chi connectivity index (χ4n) is 1.51. The van der Waals surface area contributed by atoms with Crippen molar-refractivity contribution >= 4 is 0 Å². The lowest BCUT2D eigenvalue weighted by Gasteiger charge is -2.21. The molecule has 0 amide bonds. The van der Waals surface area contributed by atoms with E-state index in [1.807, 2.05) is 7.05 Å². The van der Waals surface area contributed by atoms with Crippen LogP contribution in [-0.2, 0) is 0 Å². The summed E-state index contributed by atoms with van der Waals surface area (Å²) in [6.07, 6.45) is 1.31. The van der Waals surface area contributed by atoms with Gasteiger partial charge in [0.25, 0.3) is 0 Å². The van der Waals surface area contributed by atoms with Crippen molar-refractivity contribution in [2.75, 3.05) is 33.7 Å². The van der Waals surface area contributed by atoms with Crippen LogP contribution in [0.5, 0.6) is 0 Å². The molecule has 0 rings (SSSR count). The van der Waals surface area contributed by atoms with Gasteiger partial charge in [-0.3, -0.25) is 0 Å². The molecule has 0 aromatic heterocycles. The van der Waals surface area contributed by atoms with E-state index >= 15 is 0 Å². The van der Waals surface area contributed by atoms with Gasteiger partial charge < -0.3 is 10.2 Å². The van der Waals surface area contributed by atoms with E-state index in [2.05, 4.69) is 38.0 Å². The lowest BCUT2D eigenvalue weighted by molar-refractivity contribution is 0.268. The fourth-order valence-corrected chi connectivity index (χ4v) is 1.51. The van der Waals surface area contributed by atoms with Crippen molar-refractivity contribution in [3.05, 3.63) is 0 Å². The molecular formula is C11H26N2. The van der Waals surface area contributed by atoms with Crippen LogP contribution in [0.2, 0.25) is 0 Å². The maximum atomic E-state index is 3.21. The quantitative estimate of drug-likeness (QED) is 0.652. The van der Waals surface area contributed by atoms with Crippen molar-refractivity contribution in [2.24, 2.45) is 11.8 Å². The van der Waals surface area contributed by atoms with Gasteiger partial charge in [-0.1, -0.05) is 20.8 Å². The summed E-state index contributed by atoms with van der Waals surface area (Å²) in [5.74, 6) is 1.57. The van der Waals surface area contributed by atoms with Crippen molar-refractivity contribution in [1.82, 2.24) is 10.2 Å². The molecule has 1 atom stereocenters. The zero-order valence-electron chi connectivity index (χ0n) is 9.93. The zero-order valence-corrected chi connectivity index (χ0v) is 9.93. The normalized spacial score (nSPS) is 14.1. The number of hydrogen-bond donors (Lipinski definition) is 1. The zero-order chi connectivity index (χ0) is 10.3. The molecule has 0 heterocycles. The highest BCUT2D eigenvalue weighted by Gasteiger charge is 2.05. The van der Waals surface area contributed by atoms with Crippen LogP contribution < -0.4 is 5.32 Å². The first-order chi connectivity index (χ1) is 6.06. The van der Waals surface area contributed by atoms with Gasteiger partial charge in [0, 0.05) is 6.54 Å². The van der Waals surface area contributed by atoms with Crippen LogP contribution in [0.1, 0.15) is 27.2 Å². The highest BCUT2D eigenvalue weighted by atomic mass is 15.1. The molecule has 0 aliphatic heterocycles.